The van der Waals surface area contributed by atoms with Crippen LogP contribution in [0.1, 0.15) is 185 Å². The van der Waals surface area contributed by atoms with E-state index in [-0.39, 0.29) is 162 Å². The Morgan fingerprint density at radius 3 is 1.16 bits per heavy atom. The summed E-state index contributed by atoms with van der Waals surface area (Å²) in [6, 6.07) is 40.0. The first-order valence-electron chi connectivity index (χ1n) is 45.0. The van der Waals surface area contributed by atoms with Gasteiger partial charge in [0.15, 0.2) is 15.6 Å². The standard InChI is InChI=1S/C22H21ClFN3O3.C22H21ClFN3O2.C20H19ClFN3O2.C18H17Cl2FN2O2.C14H13S.C5H7BN2O3.C4H5NO.CH2O3.2K.H/c1-11(28)15(9-25)19-16(23)10-26-17-8-13-14(20(17)19)6-12(24)7-18(13)27(5)21(29)30-22(2,3)4;1-21(2,3)29-20(28)27(4)17-8-12(24)7-14-13(17)9-16-18(14)19(15(23)10-26-16)22(11-25)5-6-22;1-20(2,3)27-19(26)25(4)17-8-11(22)7-14-13(17)9-16-18(14)12(5-6-23)15(21)10-24-16;1-18(2,3)25-17(24)23(4)14-6-9(21)5-11-10(14)7-13-15(11)16(20)12(19)8-22-13;1-2-15(13-9-5-3-6-10-13)14-11-7-4-8-12-14;1-11-5-7-2-4(3-8-5)6(9)10;1-4(6)2-3-5;2-1-4-3;;;/h6-7,10,15H,8H2,1-5H3;7-8,10H,5-6,9H2,1-4H3;7-8,10H,5,9H2,1-4H3;5-6,8H,7H2,1-4H3;2-12H,1H2;2-3,9-10H,1H3;2H2,1H3;1,3H;;;/q;;;;+1;;;;2*+1;-1/p-1. The molecule has 1 saturated carbocycles. The molecular weight excluding hydrogens is 2100 g/mol. The predicted molar refractivity (Wildman–Crippen MR) is 553 cm³/mol. The Labute approximate surface area is 976 Å². The van der Waals surface area contributed by atoms with Gasteiger partial charge in [-0.2, -0.15) is 21.0 Å². The summed E-state index contributed by atoms with van der Waals surface area (Å²) in [5.41, 5.74) is 10.6. The van der Waals surface area contributed by atoms with Crippen LogP contribution in [0, 0.1) is 68.6 Å². The second kappa shape index (κ2) is 54.4. The number of ketones is 2. The summed E-state index contributed by atoms with van der Waals surface area (Å²) in [4.78, 5) is 116. The third-order valence-electron chi connectivity index (χ3n) is 22.0. The minimum absolute atomic E-state index is 0. The molecule has 0 radical (unpaired) electrons. The molecule has 0 bridgehead atoms. The number of rotatable bonds is 15. The Morgan fingerprint density at radius 1 is 0.517 bits per heavy atom. The first-order valence-corrected chi connectivity index (χ1v) is 48.2. The van der Waals surface area contributed by atoms with E-state index in [0.717, 1.165) is 46.4 Å². The van der Waals surface area contributed by atoms with E-state index in [2.05, 4.69) is 107 Å². The quantitative estimate of drug-likeness (QED) is 0.0183. The zero-order valence-corrected chi connectivity index (χ0v) is 96.6. The van der Waals surface area contributed by atoms with Gasteiger partial charge in [-0.25, -0.2) is 46.7 Å². The number of pyridine rings is 4. The average molecular weight is 2210 g/mol. The van der Waals surface area contributed by atoms with E-state index in [1.807, 2.05) is 23.6 Å². The molecule has 768 valence electrons. The molecule has 2 N–H and O–H groups in total. The molecule has 4 amide bonds. The third-order valence-corrected chi connectivity index (χ3v) is 25.6. The second-order valence-electron chi connectivity index (χ2n) is 37.4. The van der Waals surface area contributed by atoms with Crippen LogP contribution in [-0.4, -0.2) is 147 Å². The van der Waals surface area contributed by atoms with Gasteiger partial charge in [0.05, 0.1) is 131 Å². The van der Waals surface area contributed by atoms with Crippen molar-refractivity contribution in [3.8, 4) is 74.8 Å². The molecule has 6 aromatic carbocycles. The molecule has 1 unspecified atom stereocenters. The normalized spacial score (nSPS) is 12.2. The summed E-state index contributed by atoms with van der Waals surface area (Å²) in [6.45, 7) is 27.6. The van der Waals surface area contributed by atoms with Crippen molar-refractivity contribution in [2.24, 2.45) is 0 Å². The van der Waals surface area contributed by atoms with Crippen LogP contribution in [0.2, 0.25) is 25.1 Å². The zero-order chi connectivity index (χ0) is 109. The maximum atomic E-state index is 14.6. The van der Waals surface area contributed by atoms with Gasteiger partial charge in [0.1, 0.15) is 62.8 Å². The molecule has 43 heteroatoms. The number of Topliss-reactive ketones (excluding diaryl/α,β-unsaturated/α-hetero) is 2. The van der Waals surface area contributed by atoms with Gasteiger partial charge in [0.2, 0.25) is 0 Å². The molecule has 30 nitrogen and oxygen atoms in total. The Bertz CT molecular complexity index is 7000. The topological polar surface area (TPSA) is 424 Å². The van der Waals surface area contributed by atoms with Crippen molar-refractivity contribution in [1.29, 1.82) is 21.0 Å². The molecule has 16 rings (SSSR count). The minimum Gasteiger partial charge on any atom is -1.00 e. The van der Waals surface area contributed by atoms with Gasteiger partial charge in [0.25, 0.3) is 6.47 Å². The molecule has 11 aromatic rings. The summed E-state index contributed by atoms with van der Waals surface area (Å²) in [6.07, 6.45) is 9.33. The SMILES string of the molecule is C=C[S+](c1ccccc1)c1ccccc1.CC(=O)C(C#N)c1c(Cl)cnc2c1-c1cc(F)cc(N(C)C(=O)OC(C)(C)C)c1C2.CC(=O)CC#N.CN(C(=O)OC(C)(C)C)c1cc(F)cc2c1Cc1ncc(Cl)c(C3(C#N)CC3)c1-2.CN(C(=O)OC(C)(C)C)c1cc(F)cc2c1Cc1ncc(Cl)c(CC#N)c1-2.CN(C(=O)OC(C)(C)C)c1cc(F)cc2c1Cc1ncc(Cl)c(Cl)c1-2.COc1ncc(B(O)O)cn1.O=CO[O-].[H-].[K+].[K+]. The van der Waals surface area contributed by atoms with E-state index in [1.165, 1.54) is 137 Å². The number of ether oxygens (including phenoxy) is 5. The van der Waals surface area contributed by atoms with Gasteiger partial charge >= 0.3 is 140 Å². The van der Waals surface area contributed by atoms with Crippen molar-refractivity contribution in [3.05, 3.63) is 268 Å². The number of hydrogen-bond donors (Lipinski definition) is 2. The van der Waals surface area contributed by atoms with Crippen molar-refractivity contribution in [2.45, 2.75) is 192 Å². The van der Waals surface area contributed by atoms with Crippen LogP contribution in [0.15, 0.2) is 168 Å². The van der Waals surface area contributed by atoms with Crippen molar-refractivity contribution in [1.82, 2.24) is 29.9 Å². The van der Waals surface area contributed by atoms with Gasteiger partial charge in [-0.15, -0.1) is 0 Å². The molecule has 1 atom stereocenters. The van der Waals surface area contributed by atoms with Crippen LogP contribution in [0.3, 0.4) is 0 Å². The summed E-state index contributed by atoms with van der Waals surface area (Å²) in [7, 11) is 6.07. The fourth-order valence-electron chi connectivity index (χ4n) is 15.6. The third kappa shape index (κ3) is 32.4. The summed E-state index contributed by atoms with van der Waals surface area (Å²) in [5.74, 6) is -3.57. The number of fused-ring (bicyclic) bond motifs is 12. The number of nitrogens with zero attached hydrogens (tertiary/aromatic N) is 14. The first kappa shape index (κ1) is 125. The summed E-state index contributed by atoms with van der Waals surface area (Å²) < 4.78 is 84.1. The molecule has 149 heavy (non-hydrogen) atoms. The van der Waals surface area contributed by atoms with E-state index >= 15 is 0 Å². The number of amides is 4. The molecule has 0 spiro atoms. The molecule has 5 aromatic heterocycles. The van der Waals surface area contributed by atoms with E-state index < -0.39 is 88.5 Å². The number of aromatic nitrogens is 6. The Balaban J connectivity index is 0.000000274. The Morgan fingerprint density at radius 2 is 0.852 bits per heavy atom. The zero-order valence-electron chi connectivity index (χ0n) is 86.7. The van der Waals surface area contributed by atoms with Gasteiger partial charge in [-0.05, 0) is 233 Å². The van der Waals surface area contributed by atoms with Crippen molar-refractivity contribution in [3.63, 3.8) is 0 Å². The summed E-state index contributed by atoms with van der Waals surface area (Å²) >= 11 is 31.3. The molecule has 5 aliphatic rings. The van der Waals surface area contributed by atoms with Gasteiger partial charge in [-0.3, -0.25) is 53.9 Å². The first-order chi connectivity index (χ1) is 69.0. The molecule has 1 fully saturated rings. The summed E-state index contributed by atoms with van der Waals surface area (Å²) in [5, 5.41) is 65.4. The number of methoxy groups -OCH3 is 1. The fraction of sp³-hybridized carbons (Fsp3) is 0.311. The van der Waals surface area contributed by atoms with E-state index in [1.54, 1.807) is 116 Å². The number of nitriles is 4. The van der Waals surface area contributed by atoms with E-state index in [4.69, 9.17) is 108 Å². The van der Waals surface area contributed by atoms with Crippen molar-refractivity contribution < 1.29 is 199 Å². The van der Waals surface area contributed by atoms with Gasteiger partial charge in [-0.1, -0.05) is 101 Å². The number of carbonyl (C=O) groups excluding carboxylic acids is 7. The van der Waals surface area contributed by atoms with Crippen molar-refractivity contribution in [2.75, 3.05) is 54.9 Å². The van der Waals surface area contributed by atoms with E-state index in [0.29, 0.717) is 141 Å². The molecule has 5 aliphatic carbocycles. The van der Waals surface area contributed by atoms with Crippen LogP contribution in [0.25, 0.3) is 44.5 Å². The number of benzene rings is 6. The van der Waals surface area contributed by atoms with Gasteiger partial charge < -0.3 is 45.3 Å². The monoisotopic (exact) mass is 2200 g/mol. The van der Waals surface area contributed by atoms with E-state index in [9.17, 15) is 56.9 Å². The fourth-order valence-corrected chi connectivity index (χ4v) is 18.4. The maximum absolute atomic E-state index is 14.6. The maximum Gasteiger partial charge on any atom is 1.00 e. The molecular formula is C106H105BCl5F4K2N14O16S+. The number of anilines is 4. The van der Waals surface area contributed by atoms with Crippen LogP contribution in [0.5, 0.6) is 6.01 Å². The molecule has 0 saturated heterocycles. The van der Waals surface area contributed by atoms with Crippen LogP contribution >= 0.6 is 58.0 Å². The number of carbonyl (C=O) groups is 7. The molecule has 5 heterocycles. The average Bonchev–Trinajstić information content (AvgIpc) is 1.56. The number of hydrogen-bond acceptors (Lipinski definition) is 26. The largest absolute Gasteiger partial charge is 1.00 e. The predicted octanol–water partition coefficient (Wildman–Crippen LogP) is 15.8. The second-order valence-corrected chi connectivity index (χ2v) is 41.4. The molecule has 0 aliphatic heterocycles. The van der Waals surface area contributed by atoms with Crippen molar-refractivity contribution >= 4 is 147 Å². The smallest absolute Gasteiger partial charge is 1.00 e. The van der Waals surface area contributed by atoms with Crippen LogP contribution in [0.4, 0.5) is 59.5 Å². The van der Waals surface area contributed by atoms with Crippen LogP contribution < -0.4 is 138 Å². The number of halogens is 9. The Kier molecular flexibility index (Phi) is 45.7. The Hall–Kier alpha value is -10.9. The minimum atomic E-state index is -1.53. The van der Waals surface area contributed by atoms with Crippen LogP contribution in [-0.2, 0) is 86.6 Å². The van der Waals surface area contributed by atoms with Gasteiger partial charge in [0, 0.05) is 130 Å².